The Hall–Kier alpha value is -2.78. The minimum absolute atomic E-state index is 0.0179. The van der Waals surface area contributed by atoms with Crippen LogP contribution in [0.25, 0.3) is 11.0 Å². The summed E-state index contributed by atoms with van der Waals surface area (Å²) in [6.45, 7) is 7.28. The number of amides is 1. The lowest BCUT2D eigenvalue weighted by atomic mass is 9.97. The van der Waals surface area contributed by atoms with Crippen LogP contribution >= 0.6 is 0 Å². The standard InChI is InChI=1S/C24H31N5O3S/c1-4-18(3)29-23-10-9-21(15-22(23)26-27-29)33(31,32)28-13-11-20(12-14-28)24(30)25-16-19-7-5-17(2)6-8-19/h5-10,15,18,20H,4,11-14,16H2,1-3H3,(H,25,30)/t18-/m0/s1. The number of hydrogen-bond acceptors (Lipinski definition) is 5. The highest BCUT2D eigenvalue weighted by molar-refractivity contribution is 7.89. The monoisotopic (exact) mass is 469 g/mol. The molecule has 2 heterocycles. The normalized spacial score (nSPS) is 16.7. The van der Waals surface area contributed by atoms with Gasteiger partial charge in [-0.25, -0.2) is 13.1 Å². The fourth-order valence-corrected chi connectivity index (χ4v) is 5.62. The maximum atomic E-state index is 13.2. The number of hydrogen-bond donors (Lipinski definition) is 1. The zero-order valence-corrected chi connectivity index (χ0v) is 20.2. The molecule has 9 heteroatoms. The Kier molecular flexibility index (Phi) is 6.81. The largest absolute Gasteiger partial charge is 0.352 e. The number of carbonyl (C=O) groups excluding carboxylic acids is 1. The molecule has 0 unspecified atom stereocenters. The van der Waals surface area contributed by atoms with Crippen LogP contribution < -0.4 is 5.32 Å². The lowest BCUT2D eigenvalue weighted by Crippen LogP contribution is -2.42. The third kappa shape index (κ3) is 4.94. The van der Waals surface area contributed by atoms with E-state index in [2.05, 4.69) is 29.5 Å². The van der Waals surface area contributed by atoms with Crippen LogP contribution in [0.5, 0.6) is 0 Å². The van der Waals surface area contributed by atoms with Gasteiger partial charge in [-0.15, -0.1) is 5.10 Å². The molecule has 33 heavy (non-hydrogen) atoms. The van der Waals surface area contributed by atoms with Gasteiger partial charge in [-0.2, -0.15) is 4.31 Å². The molecule has 0 radical (unpaired) electrons. The third-order valence-electron chi connectivity index (χ3n) is 6.50. The van der Waals surface area contributed by atoms with Crippen LogP contribution in [0.1, 0.15) is 50.3 Å². The van der Waals surface area contributed by atoms with E-state index in [0.29, 0.717) is 38.0 Å². The van der Waals surface area contributed by atoms with Gasteiger partial charge in [0, 0.05) is 25.6 Å². The fraction of sp³-hybridized carbons (Fsp3) is 0.458. The van der Waals surface area contributed by atoms with Crippen molar-refractivity contribution in [2.45, 2.75) is 57.5 Å². The fourth-order valence-electron chi connectivity index (χ4n) is 4.13. The molecule has 1 N–H and O–H groups in total. The van der Waals surface area contributed by atoms with Crippen molar-refractivity contribution >= 4 is 27.0 Å². The molecule has 2 aromatic carbocycles. The molecule has 3 aromatic rings. The Bertz CT molecular complexity index is 1230. The van der Waals surface area contributed by atoms with Crippen molar-refractivity contribution in [3.05, 3.63) is 53.6 Å². The van der Waals surface area contributed by atoms with E-state index in [9.17, 15) is 13.2 Å². The van der Waals surface area contributed by atoms with Crippen molar-refractivity contribution in [1.29, 1.82) is 0 Å². The molecule has 1 saturated heterocycles. The number of rotatable bonds is 7. The summed E-state index contributed by atoms with van der Waals surface area (Å²) in [6, 6.07) is 13.2. The molecule has 1 fully saturated rings. The summed E-state index contributed by atoms with van der Waals surface area (Å²) < 4.78 is 29.7. The number of nitrogens with zero attached hydrogens (tertiary/aromatic N) is 4. The number of sulfonamides is 1. The molecule has 1 aliphatic heterocycles. The van der Waals surface area contributed by atoms with Gasteiger partial charge in [0.2, 0.25) is 15.9 Å². The van der Waals surface area contributed by atoms with Crippen molar-refractivity contribution in [1.82, 2.24) is 24.6 Å². The van der Waals surface area contributed by atoms with Crippen LogP contribution in [0.2, 0.25) is 0 Å². The number of aromatic nitrogens is 3. The highest BCUT2D eigenvalue weighted by Crippen LogP contribution is 2.27. The second-order valence-corrected chi connectivity index (χ2v) is 10.8. The maximum Gasteiger partial charge on any atom is 0.243 e. The van der Waals surface area contributed by atoms with Crippen LogP contribution in [-0.2, 0) is 21.4 Å². The second kappa shape index (κ2) is 9.61. The number of nitrogens with one attached hydrogen (secondary N) is 1. The predicted octanol–water partition coefficient (Wildman–Crippen LogP) is 3.43. The highest BCUT2D eigenvalue weighted by Gasteiger charge is 2.32. The Balaban J connectivity index is 1.38. The molecule has 0 saturated carbocycles. The molecule has 0 bridgehead atoms. The van der Waals surface area contributed by atoms with E-state index in [1.807, 2.05) is 35.9 Å². The van der Waals surface area contributed by atoms with Gasteiger partial charge >= 0.3 is 0 Å². The lowest BCUT2D eigenvalue weighted by molar-refractivity contribution is -0.126. The summed E-state index contributed by atoms with van der Waals surface area (Å²) in [5.41, 5.74) is 3.63. The number of aryl methyl sites for hydroxylation is 1. The minimum atomic E-state index is -3.65. The summed E-state index contributed by atoms with van der Waals surface area (Å²) in [5.74, 6) is -0.199. The van der Waals surface area contributed by atoms with E-state index in [1.54, 1.807) is 18.2 Å². The van der Waals surface area contributed by atoms with Crippen LogP contribution in [0.3, 0.4) is 0 Å². The van der Waals surface area contributed by atoms with Gasteiger partial charge in [0.25, 0.3) is 0 Å². The Labute approximate surface area is 195 Å². The van der Waals surface area contributed by atoms with E-state index in [4.69, 9.17) is 0 Å². The number of carbonyl (C=O) groups is 1. The van der Waals surface area contributed by atoms with Gasteiger partial charge < -0.3 is 5.32 Å². The molecule has 0 spiro atoms. The van der Waals surface area contributed by atoms with E-state index < -0.39 is 10.0 Å². The van der Waals surface area contributed by atoms with E-state index in [1.165, 1.54) is 9.87 Å². The Morgan fingerprint density at radius 1 is 1.15 bits per heavy atom. The molecule has 8 nitrogen and oxygen atoms in total. The first-order valence-electron chi connectivity index (χ1n) is 11.5. The summed E-state index contributed by atoms with van der Waals surface area (Å²) in [5, 5.41) is 11.3. The Morgan fingerprint density at radius 3 is 2.52 bits per heavy atom. The quantitative estimate of drug-likeness (QED) is 0.572. The summed E-state index contributed by atoms with van der Waals surface area (Å²) in [7, 11) is -3.65. The van der Waals surface area contributed by atoms with E-state index >= 15 is 0 Å². The van der Waals surface area contributed by atoms with Crippen LogP contribution in [0, 0.1) is 12.8 Å². The van der Waals surface area contributed by atoms with Gasteiger partial charge in [0.1, 0.15) is 5.52 Å². The molecule has 176 valence electrons. The number of piperidine rings is 1. The zero-order valence-electron chi connectivity index (χ0n) is 19.4. The second-order valence-electron chi connectivity index (χ2n) is 8.82. The van der Waals surface area contributed by atoms with Crippen molar-refractivity contribution in [2.75, 3.05) is 13.1 Å². The Morgan fingerprint density at radius 2 is 1.85 bits per heavy atom. The zero-order chi connectivity index (χ0) is 23.6. The van der Waals surface area contributed by atoms with Crippen molar-refractivity contribution < 1.29 is 13.2 Å². The summed E-state index contributed by atoms with van der Waals surface area (Å²) in [4.78, 5) is 12.8. The first-order valence-corrected chi connectivity index (χ1v) is 12.9. The molecule has 0 aliphatic carbocycles. The van der Waals surface area contributed by atoms with Crippen LogP contribution in [0.15, 0.2) is 47.4 Å². The molecule has 4 rings (SSSR count). The minimum Gasteiger partial charge on any atom is -0.352 e. The first-order chi connectivity index (χ1) is 15.8. The predicted molar refractivity (Wildman–Crippen MR) is 127 cm³/mol. The molecule has 1 amide bonds. The van der Waals surface area contributed by atoms with Crippen LogP contribution in [-0.4, -0.2) is 46.7 Å². The van der Waals surface area contributed by atoms with Crippen molar-refractivity contribution in [3.63, 3.8) is 0 Å². The maximum absolute atomic E-state index is 13.2. The average molecular weight is 470 g/mol. The summed E-state index contributed by atoms with van der Waals surface area (Å²) >= 11 is 0. The van der Waals surface area contributed by atoms with Gasteiger partial charge in [0.05, 0.1) is 16.5 Å². The topological polar surface area (TPSA) is 97.2 Å². The van der Waals surface area contributed by atoms with Gasteiger partial charge in [-0.3, -0.25) is 4.79 Å². The SMILES string of the molecule is CC[C@H](C)n1nnc2cc(S(=O)(=O)N3CCC(C(=O)NCc4ccc(C)cc4)CC3)ccc21. The van der Waals surface area contributed by atoms with E-state index in [-0.39, 0.29) is 22.8 Å². The van der Waals surface area contributed by atoms with E-state index in [0.717, 1.165) is 17.5 Å². The number of fused-ring (bicyclic) bond motifs is 1. The molecule has 1 aromatic heterocycles. The van der Waals surface area contributed by atoms with Gasteiger partial charge in [0.15, 0.2) is 0 Å². The number of benzene rings is 2. The highest BCUT2D eigenvalue weighted by atomic mass is 32.2. The summed E-state index contributed by atoms with van der Waals surface area (Å²) in [6.07, 6.45) is 1.92. The average Bonchev–Trinajstić information content (AvgIpc) is 3.26. The molecule has 1 aliphatic rings. The van der Waals surface area contributed by atoms with Crippen molar-refractivity contribution in [2.24, 2.45) is 5.92 Å². The molecular weight excluding hydrogens is 438 g/mol. The third-order valence-corrected chi connectivity index (χ3v) is 8.40. The smallest absolute Gasteiger partial charge is 0.243 e. The lowest BCUT2D eigenvalue weighted by Gasteiger charge is -2.30. The first kappa shape index (κ1) is 23.4. The van der Waals surface area contributed by atoms with Crippen molar-refractivity contribution in [3.8, 4) is 0 Å². The van der Waals surface area contributed by atoms with Gasteiger partial charge in [-0.1, -0.05) is 42.0 Å². The molecule has 1 atom stereocenters. The molecular formula is C24H31N5O3S. The van der Waals surface area contributed by atoms with Crippen LogP contribution in [0.4, 0.5) is 0 Å². The van der Waals surface area contributed by atoms with Gasteiger partial charge in [-0.05, 0) is 56.9 Å².